The van der Waals surface area contributed by atoms with Crippen molar-refractivity contribution in [1.29, 1.82) is 0 Å². The van der Waals surface area contributed by atoms with Crippen molar-refractivity contribution in [1.82, 2.24) is 10.2 Å². The summed E-state index contributed by atoms with van der Waals surface area (Å²) in [6, 6.07) is 0. The molecule has 0 radical (unpaired) electrons. The molecular weight excluding hydrogens is 225 g/mol. The number of halogens is 3. The van der Waals surface area contributed by atoms with Gasteiger partial charge in [0.1, 0.15) is 6.54 Å². The molecular formula is C9H15F3N2O2. The van der Waals surface area contributed by atoms with Gasteiger partial charge in [-0.05, 0) is 13.3 Å². The molecule has 1 saturated heterocycles. The van der Waals surface area contributed by atoms with E-state index in [4.69, 9.17) is 0 Å². The molecule has 0 aromatic heterocycles. The Kier molecular flexibility index (Phi) is 3.80. The molecule has 0 spiro atoms. The molecule has 0 bridgehead atoms. The van der Waals surface area contributed by atoms with Gasteiger partial charge >= 0.3 is 6.18 Å². The van der Waals surface area contributed by atoms with Gasteiger partial charge in [0.15, 0.2) is 0 Å². The lowest BCUT2D eigenvalue weighted by molar-refractivity contribution is -0.139. The lowest BCUT2D eigenvalue weighted by Crippen LogP contribution is -2.41. The van der Waals surface area contributed by atoms with Crippen LogP contribution in [0, 0.1) is 0 Å². The van der Waals surface area contributed by atoms with Crippen LogP contribution in [0.15, 0.2) is 0 Å². The average Bonchev–Trinajstić information content (AvgIpc) is 2.41. The van der Waals surface area contributed by atoms with Crippen molar-refractivity contribution in [2.75, 3.05) is 26.2 Å². The molecule has 1 fully saturated rings. The number of hydrogen-bond donors (Lipinski definition) is 2. The summed E-state index contributed by atoms with van der Waals surface area (Å²) in [4.78, 5) is 12.8. The first-order valence-corrected chi connectivity index (χ1v) is 4.96. The summed E-state index contributed by atoms with van der Waals surface area (Å²) in [5.74, 6) is -0.671. The Labute approximate surface area is 91.4 Å². The van der Waals surface area contributed by atoms with Crippen molar-refractivity contribution >= 4 is 5.91 Å². The Morgan fingerprint density at radius 2 is 2.19 bits per heavy atom. The molecule has 1 aliphatic heterocycles. The quantitative estimate of drug-likeness (QED) is 0.737. The fraction of sp³-hybridized carbons (Fsp3) is 0.889. The largest absolute Gasteiger partial charge is 0.405 e. The van der Waals surface area contributed by atoms with Crippen LogP contribution in [-0.4, -0.2) is 53.9 Å². The topological polar surface area (TPSA) is 52.6 Å². The van der Waals surface area contributed by atoms with E-state index in [1.165, 1.54) is 0 Å². The molecule has 1 aliphatic rings. The number of rotatable bonds is 3. The van der Waals surface area contributed by atoms with Crippen LogP contribution < -0.4 is 5.32 Å². The second kappa shape index (κ2) is 4.58. The maximum Gasteiger partial charge on any atom is 0.405 e. The van der Waals surface area contributed by atoms with Gasteiger partial charge in [0.25, 0.3) is 0 Å². The first-order valence-electron chi connectivity index (χ1n) is 4.96. The first kappa shape index (κ1) is 13.2. The second-order valence-electron chi connectivity index (χ2n) is 4.35. The van der Waals surface area contributed by atoms with Gasteiger partial charge < -0.3 is 10.4 Å². The minimum Gasteiger partial charge on any atom is -0.389 e. The zero-order valence-corrected chi connectivity index (χ0v) is 8.97. The third kappa shape index (κ3) is 4.80. The highest BCUT2D eigenvalue weighted by Gasteiger charge is 2.33. The van der Waals surface area contributed by atoms with Gasteiger partial charge in [0.2, 0.25) is 5.91 Å². The SMILES string of the molecule is CC1(O)CCN(CC(=O)NCC(F)(F)F)C1. The summed E-state index contributed by atoms with van der Waals surface area (Å²) in [6.07, 6.45) is -3.86. The van der Waals surface area contributed by atoms with E-state index in [0.29, 0.717) is 19.5 Å². The van der Waals surface area contributed by atoms with E-state index in [1.54, 1.807) is 17.1 Å². The minimum absolute atomic E-state index is 0.105. The smallest absolute Gasteiger partial charge is 0.389 e. The summed E-state index contributed by atoms with van der Waals surface area (Å²) in [7, 11) is 0. The van der Waals surface area contributed by atoms with Crippen molar-refractivity contribution in [2.24, 2.45) is 0 Å². The van der Waals surface area contributed by atoms with Gasteiger partial charge in [0.05, 0.1) is 12.1 Å². The number of carbonyl (C=O) groups excluding carboxylic acids is 1. The fourth-order valence-electron chi connectivity index (χ4n) is 1.63. The number of β-amino-alcohol motifs (C(OH)–C–C–N with tert-alkyl or cyclic N) is 1. The molecule has 0 aromatic carbocycles. The molecule has 1 unspecified atom stereocenters. The molecule has 1 rings (SSSR count). The highest BCUT2D eigenvalue weighted by molar-refractivity contribution is 5.78. The standard InChI is InChI=1S/C9H15F3N2O2/c1-8(16)2-3-14(6-8)4-7(15)13-5-9(10,11)12/h16H,2-6H2,1H3,(H,13,15). The zero-order chi connectivity index (χ0) is 12.4. The Balaban J connectivity index is 2.26. The third-order valence-electron chi connectivity index (χ3n) is 2.38. The summed E-state index contributed by atoms with van der Waals surface area (Å²) < 4.78 is 35.4. The number of hydrogen-bond acceptors (Lipinski definition) is 3. The van der Waals surface area contributed by atoms with Gasteiger partial charge in [-0.2, -0.15) is 13.2 Å². The van der Waals surface area contributed by atoms with Gasteiger partial charge in [-0.3, -0.25) is 9.69 Å². The summed E-state index contributed by atoms with van der Waals surface area (Å²) in [5.41, 5.74) is -0.843. The van der Waals surface area contributed by atoms with Crippen LogP contribution in [-0.2, 0) is 4.79 Å². The number of aliphatic hydroxyl groups is 1. The molecule has 0 saturated carbocycles. The normalized spacial score (nSPS) is 27.1. The Hall–Kier alpha value is -0.820. The molecule has 4 nitrogen and oxygen atoms in total. The van der Waals surface area contributed by atoms with E-state index in [1.807, 2.05) is 0 Å². The van der Waals surface area contributed by atoms with Crippen LogP contribution in [0.4, 0.5) is 13.2 Å². The first-order chi connectivity index (χ1) is 7.18. The summed E-state index contributed by atoms with van der Waals surface area (Å²) >= 11 is 0. The zero-order valence-electron chi connectivity index (χ0n) is 8.97. The lowest BCUT2D eigenvalue weighted by atomic mass is 10.1. The second-order valence-corrected chi connectivity index (χ2v) is 4.35. The molecule has 1 heterocycles. The van der Waals surface area contributed by atoms with Gasteiger partial charge in [-0.25, -0.2) is 0 Å². The van der Waals surface area contributed by atoms with E-state index < -0.39 is 24.2 Å². The van der Waals surface area contributed by atoms with Gasteiger partial charge in [-0.1, -0.05) is 0 Å². The predicted octanol–water partition coefficient (Wildman–Crippen LogP) is 0.122. The molecule has 94 valence electrons. The predicted molar refractivity (Wildman–Crippen MR) is 50.7 cm³/mol. The van der Waals surface area contributed by atoms with Crippen molar-refractivity contribution in [3.05, 3.63) is 0 Å². The van der Waals surface area contributed by atoms with Crippen molar-refractivity contribution in [2.45, 2.75) is 25.1 Å². The number of nitrogens with zero attached hydrogens (tertiary/aromatic N) is 1. The fourth-order valence-corrected chi connectivity index (χ4v) is 1.63. The Morgan fingerprint density at radius 3 is 2.62 bits per heavy atom. The van der Waals surface area contributed by atoms with E-state index in [9.17, 15) is 23.1 Å². The average molecular weight is 240 g/mol. The number of carbonyl (C=O) groups is 1. The molecule has 7 heteroatoms. The van der Waals surface area contributed by atoms with Gasteiger partial charge in [-0.15, -0.1) is 0 Å². The number of likely N-dealkylation sites (tertiary alicyclic amines) is 1. The van der Waals surface area contributed by atoms with Crippen LogP contribution in [0.2, 0.25) is 0 Å². The maximum absolute atomic E-state index is 11.8. The molecule has 0 aliphatic carbocycles. The van der Waals surface area contributed by atoms with E-state index >= 15 is 0 Å². The van der Waals surface area contributed by atoms with E-state index in [2.05, 4.69) is 0 Å². The number of amides is 1. The van der Waals surface area contributed by atoms with Crippen molar-refractivity contribution in [3.8, 4) is 0 Å². The maximum atomic E-state index is 11.8. The van der Waals surface area contributed by atoms with Crippen LogP contribution in [0.1, 0.15) is 13.3 Å². The minimum atomic E-state index is -4.38. The monoisotopic (exact) mass is 240 g/mol. The highest BCUT2D eigenvalue weighted by Crippen LogP contribution is 2.19. The van der Waals surface area contributed by atoms with E-state index in [-0.39, 0.29) is 6.54 Å². The van der Waals surface area contributed by atoms with Crippen LogP contribution in [0.25, 0.3) is 0 Å². The van der Waals surface area contributed by atoms with Crippen molar-refractivity contribution < 1.29 is 23.1 Å². The highest BCUT2D eigenvalue weighted by atomic mass is 19.4. The summed E-state index contributed by atoms with van der Waals surface area (Å²) in [6.45, 7) is 1.06. The number of alkyl halides is 3. The van der Waals surface area contributed by atoms with Crippen LogP contribution >= 0.6 is 0 Å². The van der Waals surface area contributed by atoms with Gasteiger partial charge in [0, 0.05) is 13.1 Å². The summed E-state index contributed by atoms with van der Waals surface area (Å²) in [5, 5.41) is 11.4. The van der Waals surface area contributed by atoms with E-state index in [0.717, 1.165) is 0 Å². The molecule has 1 amide bonds. The number of nitrogens with one attached hydrogen (secondary N) is 1. The van der Waals surface area contributed by atoms with Crippen LogP contribution in [0.3, 0.4) is 0 Å². The molecule has 16 heavy (non-hydrogen) atoms. The Bertz CT molecular complexity index is 266. The third-order valence-corrected chi connectivity index (χ3v) is 2.38. The molecule has 0 aromatic rings. The van der Waals surface area contributed by atoms with Crippen molar-refractivity contribution in [3.63, 3.8) is 0 Å². The molecule has 1 atom stereocenters. The lowest BCUT2D eigenvalue weighted by Gasteiger charge is -2.18. The van der Waals surface area contributed by atoms with Crippen LogP contribution in [0.5, 0.6) is 0 Å². The molecule has 2 N–H and O–H groups in total. The Morgan fingerprint density at radius 1 is 1.56 bits per heavy atom.